The van der Waals surface area contributed by atoms with Gasteiger partial charge in [0.05, 0.1) is 7.11 Å². The Labute approximate surface area is 184 Å². The molecule has 4 rings (SSSR count). The van der Waals surface area contributed by atoms with Crippen molar-refractivity contribution in [3.63, 3.8) is 0 Å². The molecule has 0 unspecified atom stereocenters. The molecule has 1 N–H and O–H groups in total. The van der Waals surface area contributed by atoms with Crippen LogP contribution in [0.5, 0.6) is 11.5 Å². The summed E-state index contributed by atoms with van der Waals surface area (Å²) < 4.78 is 16.4. The van der Waals surface area contributed by atoms with Crippen molar-refractivity contribution in [1.29, 1.82) is 0 Å². The van der Waals surface area contributed by atoms with Gasteiger partial charge in [0, 0.05) is 36.0 Å². The first-order valence-electron chi connectivity index (χ1n) is 10.1. The molecular weight excluding hydrogens is 408 g/mol. The molecule has 0 atom stereocenters. The molecule has 2 aromatic heterocycles. The van der Waals surface area contributed by atoms with E-state index in [1.807, 2.05) is 42.5 Å². The number of methoxy groups -OCH3 is 1. The molecule has 4 aromatic rings. The fraction of sp³-hybridized carbons (Fsp3) is 0.160. The molecule has 7 nitrogen and oxygen atoms in total. The van der Waals surface area contributed by atoms with Crippen LogP contribution in [0.25, 0.3) is 22.1 Å². The number of carbonyl (C=O) groups excluding carboxylic acids is 1. The lowest BCUT2D eigenvalue weighted by atomic mass is 10.00. The van der Waals surface area contributed by atoms with Crippen LogP contribution >= 0.6 is 0 Å². The van der Waals surface area contributed by atoms with Gasteiger partial charge in [0.15, 0.2) is 6.61 Å². The molecule has 2 aromatic carbocycles. The van der Waals surface area contributed by atoms with Gasteiger partial charge in [0.1, 0.15) is 17.1 Å². The Kier molecular flexibility index (Phi) is 6.17. The van der Waals surface area contributed by atoms with Gasteiger partial charge < -0.3 is 19.2 Å². The lowest BCUT2D eigenvalue weighted by Crippen LogP contribution is -2.28. The van der Waals surface area contributed by atoms with Crippen molar-refractivity contribution in [2.24, 2.45) is 0 Å². The molecule has 1 amide bonds. The molecule has 0 saturated carbocycles. The molecule has 7 heteroatoms. The van der Waals surface area contributed by atoms with Gasteiger partial charge in [0.2, 0.25) is 0 Å². The van der Waals surface area contributed by atoms with Gasteiger partial charge in [-0.3, -0.25) is 9.78 Å². The molecule has 0 saturated heterocycles. The molecule has 2 heterocycles. The van der Waals surface area contributed by atoms with Gasteiger partial charge in [-0.1, -0.05) is 12.1 Å². The Morgan fingerprint density at radius 3 is 2.53 bits per heavy atom. The van der Waals surface area contributed by atoms with Crippen molar-refractivity contribution in [3.05, 3.63) is 88.5 Å². The minimum Gasteiger partial charge on any atom is -0.497 e. The summed E-state index contributed by atoms with van der Waals surface area (Å²) in [5.74, 6) is 0.955. The maximum Gasteiger partial charge on any atom is 0.336 e. The number of hydrogen-bond acceptors (Lipinski definition) is 6. The van der Waals surface area contributed by atoms with Crippen LogP contribution in [-0.2, 0) is 11.3 Å². The summed E-state index contributed by atoms with van der Waals surface area (Å²) in [6, 6.07) is 16.2. The standard InChI is InChI=1S/C25H22N2O5/c1-16-22(31-15-23(28)27-14-17-9-11-26-12-10-17)8-7-20-21(13-24(29)32-25(16)20)18-3-5-19(30-2)6-4-18/h3-13H,14-15H2,1-2H3,(H,27,28). The van der Waals surface area contributed by atoms with E-state index < -0.39 is 5.63 Å². The van der Waals surface area contributed by atoms with Crippen molar-refractivity contribution in [2.75, 3.05) is 13.7 Å². The van der Waals surface area contributed by atoms with Crippen molar-refractivity contribution >= 4 is 16.9 Å². The Morgan fingerprint density at radius 2 is 1.81 bits per heavy atom. The van der Waals surface area contributed by atoms with E-state index in [1.54, 1.807) is 32.5 Å². The van der Waals surface area contributed by atoms with Gasteiger partial charge in [-0.15, -0.1) is 0 Å². The maximum absolute atomic E-state index is 12.2. The van der Waals surface area contributed by atoms with E-state index >= 15 is 0 Å². The van der Waals surface area contributed by atoms with Crippen LogP contribution in [0.4, 0.5) is 0 Å². The lowest BCUT2D eigenvalue weighted by molar-refractivity contribution is -0.123. The number of nitrogens with one attached hydrogen (secondary N) is 1. The molecule has 32 heavy (non-hydrogen) atoms. The monoisotopic (exact) mass is 430 g/mol. The molecule has 0 aliphatic rings. The Balaban J connectivity index is 1.54. The fourth-order valence-corrected chi connectivity index (χ4v) is 3.40. The van der Waals surface area contributed by atoms with Crippen molar-refractivity contribution < 1.29 is 18.7 Å². The van der Waals surface area contributed by atoms with E-state index in [9.17, 15) is 9.59 Å². The highest BCUT2D eigenvalue weighted by Gasteiger charge is 2.14. The summed E-state index contributed by atoms with van der Waals surface area (Å²) in [7, 11) is 1.60. The van der Waals surface area contributed by atoms with Crippen LogP contribution < -0.4 is 20.4 Å². The quantitative estimate of drug-likeness (QED) is 0.448. The number of benzene rings is 2. The minimum atomic E-state index is -0.460. The van der Waals surface area contributed by atoms with Crippen molar-refractivity contribution in [3.8, 4) is 22.6 Å². The van der Waals surface area contributed by atoms with Crippen LogP contribution in [0.1, 0.15) is 11.1 Å². The predicted molar refractivity (Wildman–Crippen MR) is 121 cm³/mol. The zero-order valence-electron chi connectivity index (χ0n) is 17.8. The highest BCUT2D eigenvalue weighted by Crippen LogP contribution is 2.33. The van der Waals surface area contributed by atoms with Gasteiger partial charge in [-0.25, -0.2) is 4.79 Å². The minimum absolute atomic E-state index is 0.153. The summed E-state index contributed by atoms with van der Waals surface area (Å²) in [5, 5.41) is 3.58. The predicted octanol–water partition coefficient (Wildman–Crippen LogP) is 3.87. The first-order chi connectivity index (χ1) is 15.5. The summed E-state index contributed by atoms with van der Waals surface area (Å²) in [5.41, 5.74) is 3.19. The van der Waals surface area contributed by atoms with Crippen LogP contribution in [0.2, 0.25) is 0 Å². The SMILES string of the molecule is COc1ccc(-c2cc(=O)oc3c(C)c(OCC(=O)NCc4ccncc4)ccc23)cc1. The fourth-order valence-electron chi connectivity index (χ4n) is 3.40. The van der Waals surface area contributed by atoms with E-state index in [-0.39, 0.29) is 12.5 Å². The zero-order valence-corrected chi connectivity index (χ0v) is 17.8. The van der Waals surface area contributed by atoms with Crippen LogP contribution in [0.15, 0.2) is 76.2 Å². The van der Waals surface area contributed by atoms with Gasteiger partial charge >= 0.3 is 5.63 Å². The molecule has 0 radical (unpaired) electrons. The number of hydrogen-bond donors (Lipinski definition) is 1. The Bertz CT molecular complexity index is 1300. The third-order valence-corrected chi connectivity index (χ3v) is 5.11. The molecule has 162 valence electrons. The number of nitrogens with zero attached hydrogens (tertiary/aromatic N) is 1. The van der Waals surface area contributed by atoms with E-state index in [2.05, 4.69) is 10.3 Å². The zero-order chi connectivity index (χ0) is 22.5. The van der Waals surface area contributed by atoms with E-state index in [0.29, 0.717) is 23.4 Å². The first kappa shape index (κ1) is 21.1. The second-order valence-electron chi connectivity index (χ2n) is 7.19. The first-order valence-corrected chi connectivity index (χ1v) is 10.1. The number of carbonyl (C=O) groups is 1. The van der Waals surface area contributed by atoms with Gasteiger partial charge in [-0.05, 0) is 60.0 Å². The van der Waals surface area contributed by atoms with E-state index in [4.69, 9.17) is 13.9 Å². The average Bonchev–Trinajstić information content (AvgIpc) is 2.83. The highest BCUT2D eigenvalue weighted by atomic mass is 16.5. The smallest absolute Gasteiger partial charge is 0.336 e. The van der Waals surface area contributed by atoms with E-state index in [1.165, 1.54) is 6.07 Å². The van der Waals surface area contributed by atoms with Crippen molar-refractivity contribution in [1.82, 2.24) is 10.3 Å². The van der Waals surface area contributed by atoms with Crippen molar-refractivity contribution in [2.45, 2.75) is 13.5 Å². The number of aryl methyl sites for hydroxylation is 1. The molecule has 0 aliphatic heterocycles. The van der Waals surface area contributed by atoms with E-state index in [0.717, 1.165) is 27.8 Å². The third-order valence-electron chi connectivity index (χ3n) is 5.11. The third kappa shape index (κ3) is 4.62. The summed E-state index contributed by atoms with van der Waals surface area (Å²) in [6.45, 7) is 2.04. The number of pyridine rings is 1. The Morgan fingerprint density at radius 1 is 1.06 bits per heavy atom. The normalized spacial score (nSPS) is 10.7. The summed E-state index contributed by atoms with van der Waals surface area (Å²) in [6.07, 6.45) is 3.34. The molecule has 0 aliphatic carbocycles. The topological polar surface area (TPSA) is 90.7 Å². The number of ether oxygens (including phenoxy) is 2. The highest BCUT2D eigenvalue weighted by molar-refractivity contribution is 5.95. The molecule has 0 spiro atoms. The number of aromatic nitrogens is 1. The second kappa shape index (κ2) is 9.34. The Hall–Kier alpha value is -4.13. The molecule has 0 bridgehead atoms. The molecule has 0 fully saturated rings. The lowest BCUT2D eigenvalue weighted by Gasteiger charge is -2.13. The summed E-state index contributed by atoms with van der Waals surface area (Å²) >= 11 is 0. The largest absolute Gasteiger partial charge is 0.497 e. The maximum atomic E-state index is 12.2. The van der Waals surface area contributed by atoms with Crippen LogP contribution in [-0.4, -0.2) is 24.6 Å². The number of amides is 1. The molecular formula is C25H22N2O5. The second-order valence-corrected chi connectivity index (χ2v) is 7.19. The summed E-state index contributed by atoms with van der Waals surface area (Å²) in [4.78, 5) is 28.4. The van der Waals surface area contributed by atoms with Gasteiger partial charge in [0.25, 0.3) is 5.91 Å². The number of rotatable bonds is 7. The van der Waals surface area contributed by atoms with Crippen LogP contribution in [0, 0.1) is 6.92 Å². The number of fused-ring (bicyclic) bond motifs is 1. The van der Waals surface area contributed by atoms with Crippen LogP contribution in [0.3, 0.4) is 0 Å². The van der Waals surface area contributed by atoms with Gasteiger partial charge in [-0.2, -0.15) is 0 Å². The average molecular weight is 430 g/mol.